The smallest absolute Gasteiger partial charge is 0.375 e. The van der Waals surface area contributed by atoms with Gasteiger partial charge < -0.3 is 9.47 Å². The van der Waals surface area contributed by atoms with Crippen LogP contribution in [-0.2, 0) is 12.8 Å². The van der Waals surface area contributed by atoms with Gasteiger partial charge in [0.05, 0.1) is 0 Å². The summed E-state index contributed by atoms with van der Waals surface area (Å²) in [5.41, 5.74) is 10.9. The molecule has 0 unspecified atom stereocenters. The van der Waals surface area contributed by atoms with Crippen molar-refractivity contribution in [3.63, 3.8) is 0 Å². The number of rotatable bonds is 8. The van der Waals surface area contributed by atoms with Crippen LogP contribution in [-0.4, -0.2) is 16.1 Å². The fourth-order valence-corrected chi connectivity index (χ4v) is 5.32. The lowest BCUT2D eigenvalue weighted by molar-refractivity contribution is 0.147. The summed E-state index contributed by atoms with van der Waals surface area (Å²) in [4.78, 5) is 21.6. The van der Waals surface area contributed by atoms with Crippen LogP contribution in [0.2, 0.25) is 0 Å². The maximum absolute atomic E-state index is 12.9. The molecule has 0 aliphatic carbocycles. The SMILES string of the molecule is Cc1ccccc1-c1ccc(Cc2cccnc2OC(=O)Oc2ncccc2Cc2ccc(-c3ccccc3C)cc2)cc1. The maximum atomic E-state index is 12.9. The Balaban J connectivity index is 1.12. The number of pyridine rings is 2. The lowest BCUT2D eigenvalue weighted by Gasteiger charge is -2.12. The summed E-state index contributed by atoms with van der Waals surface area (Å²) in [5.74, 6) is 0.425. The number of ether oxygens (including phenoxy) is 2. The van der Waals surface area contributed by atoms with Crippen LogP contribution in [0.4, 0.5) is 4.79 Å². The van der Waals surface area contributed by atoms with Gasteiger partial charge in [-0.25, -0.2) is 14.8 Å². The first kappa shape index (κ1) is 28.6. The number of hydrogen-bond acceptors (Lipinski definition) is 5. The van der Waals surface area contributed by atoms with Crippen LogP contribution in [0.3, 0.4) is 0 Å². The van der Waals surface area contributed by atoms with Gasteiger partial charge in [0.1, 0.15) is 0 Å². The third kappa shape index (κ3) is 6.74. The van der Waals surface area contributed by atoms with Gasteiger partial charge in [-0.05, 0) is 70.5 Å². The Labute approximate surface area is 257 Å². The molecule has 0 saturated heterocycles. The number of nitrogens with zero attached hydrogens (tertiary/aromatic N) is 2. The van der Waals surface area contributed by atoms with Crippen molar-refractivity contribution in [1.82, 2.24) is 9.97 Å². The average Bonchev–Trinajstić information content (AvgIpc) is 3.04. The largest absolute Gasteiger partial charge is 0.522 e. The van der Waals surface area contributed by atoms with Crippen molar-refractivity contribution < 1.29 is 14.3 Å². The Bertz CT molecular complexity index is 1760. The van der Waals surface area contributed by atoms with Crippen LogP contribution in [0.25, 0.3) is 22.3 Å². The number of carbonyl (C=O) groups is 1. The van der Waals surface area contributed by atoms with E-state index in [0.29, 0.717) is 12.8 Å². The molecule has 0 aliphatic heterocycles. The van der Waals surface area contributed by atoms with Crippen molar-refractivity contribution >= 4 is 6.16 Å². The highest BCUT2D eigenvalue weighted by molar-refractivity contribution is 5.69. The number of benzene rings is 4. The van der Waals surface area contributed by atoms with E-state index in [4.69, 9.17) is 9.47 Å². The normalized spacial score (nSPS) is 10.8. The molecule has 5 heteroatoms. The maximum Gasteiger partial charge on any atom is 0.522 e. The molecule has 5 nitrogen and oxygen atoms in total. The highest BCUT2D eigenvalue weighted by atomic mass is 16.7. The standard InChI is InChI=1S/C39H32N2O3/c1-27-9-3-5-13-35(27)31-19-15-29(16-20-31)25-33-11-7-23-40-37(33)43-39(42)44-38-34(12-8-24-41-38)26-30-17-21-32(22-18-30)36-14-6-4-10-28(36)2/h3-24H,25-26H2,1-2H3. The highest BCUT2D eigenvalue weighted by Crippen LogP contribution is 2.27. The lowest BCUT2D eigenvalue weighted by Crippen LogP contribution is -2.17. The van der Waals surface area contributed by atoms with Gasteiger partial charge in [0.25, 0.3) is 0 Å². The second kappa shape index (κ2) is 13.2. The summed E-state index contributed by atoms with van der Waals surface area (Å²) in [6.07, 6.45) is 3.42. The van der Waals surface area contributed by atoms with Crippen molar-refractivity contribution in [3.05, 3.63) is 167 Å². The summed E-state index contributed by atoms with van der Waals surface area (Å²) >= 11 is 0. The Morgan fingerprint density at radius 3 is 1.34 bits per heavy atom. The first-order chi connectivity index (χ1) is 21.5. The van der Waals surface area contributed by atoms with Crippen molar-refractivity contribution in [2.24, 2.45) is 0 Å². The van der Waals surface area contributed by atoms with Gasteiger partial charge in [-0.3, -0.25) is 0 Å². The minimum atomic E-state index is -0.880. The van der Waals surface area contributed by atoms with Crippen molar-refractivity contribution in [3.8, 4) is 34.0 Å². The summed E-state index contributed by atoms with van der Waals surface area (Å²) in [5, 5.41) is 0. The van der Waals surface area contributed by atoms with Gasteiger partial charge in [-0.1, -0.05) is 109 Å². The first-order valence-electron chi connectivity index (χ1n) is 14.6. The lowest BCUT2D eigenvalue weighted by atomic mass is 9.98. The zero-order chi connectivity index (χ0) is 30.3. The molecule has 2 aromatic heterocycles. The van der Waals surface area contributed by atoms with Crippen LogP contribution in [0.15, 0.2) is 134 Å². The molecule has 2 heterocycles. The first-order valence-corrected chi connectivity index (χ1v) is 14.6. The minimum absolute atomic E-state index is 0.213. The Morgan fingerprint density at radius 1 is 0.523 bits per heavy atom. The number of aryl methyl sites for hydroxylation is 2. The Morgan fingerprint density at radius 2 is 0.932 bits per heavy atom. The van der Waals surface area contributed by atoms with E-state index in [-0.39, 0.29) is 11.8 Å². The monoisotopic (exact) mass is 576 g/mol. The average molecular weight is 577 g/mol. The molecule has 0 aliphatic rings. The molecule has 6 aromatic rings. The summed E-state index contributed by atoms with van der Waals surface area (Å²) in [7, 11) is 0. The second-order valence-electron chi connectivity index (χ2n) is 10.8. The quantitative estimate of drug-likeness (QED) is 0.169. The third-order valence-electron chi connectivity index (χ3n) is 7.67. The van der Waals surface area contributed by atoms with E-state index in [2.05, 4.69) is 96.6 Å². The van der Waals surface area contributed by atoms with Crippen LogP contribution >= 0.6 is 0 Å². The highest BCUT2D eigenvalue weighted by Gasteiger charge is 2.17. The predicted octanol–water partition coefficient (Wildman–Crippen LogP) is 9.19. The van der Waals surface area contributed by atoms with Crippen LogP contribution in [0.1, 0.15) is 33.4 Å². The van der Waals surface area contributed by atoms with E-state index in [1.807, 2.05) is 48.5 Å². The third-order valence-corrected chi connectivity index (χ3v) is 7.67. The molecular weight excluding hydrogens is 544 g/mol. The van der Waals surface area contributed by atoms with E-state index in [9.17, 15) is 4.79 Å². The molecule has 0 saturated carbocycles. The van der Waals surface area contributed by atoms with Crippen LogP contribution in [0.5, 0.6) is 11.8 Å². The molecule has 0 N–H and O–H groups in total. The Kier molecular flexibility index (Phi) is 8.55. The predicted molar refractivity (Wildman–Crippen MR) is 174 cm³/mol. The fourth-order valence-electron chi connectivity index (χ4n) is 5.32. The molecule has 44 heavy (non-hydrogen) atoms. The fraction of sp³-hybridized carbons (Fsp3) is 0.103. The zero-order valence-electron chi connectivity index (χ0n) is 24.7. The number of aromatic nitrogens is 2. The summed E-state index contributed by atoms with van der Waals surface area (Å²) in [6.45, 7) is 4.22. The molecular formula is C39H32N2O3. The molecule has 0 atom stereocenters. The van der Waals surface area contributed by atoms with Crippen molar-refractivity contribution in [1.29, 1.82) is 0 Å². The number of hydrogen-bond donors (Lipinski definition) is 0. The van der Waals surface area contributed by atoms with Gasteiger partial charge >= 0.3 is 6.16 Å². The van der Waals surface area contributed by atoms with Gasteiger partial charge in [0.2, 0.25) is 11.8 Å². The van der Waals surface area contributed by atoms with Crippen LogP contribution < -0.4 is 9.47 Å². The van der Waals surface area contributed by atoms with Gasteiger partial charge in [0.15, 0.2) is 0 Å². The summed E-state index contributed by atoms with van der Waals surface area (Å²) < 4.78 is 11.2. The van der Waals surface area contributed by atoms with Crippen molar-refractivity contribution in [2.45, 2.75) is 26.7 Å². The van der Waals surface area contributed by atoms with E-state index >= 15 is 0 Å². The molecule has 216 valence electrons. The molecule has 0 radical (unpaired) electrons. The van der Waals surface area contributed by atoms with Crippen molar-refractivity contribution in [2.75, 3.05) is 0 Å². The topological polar surface area (TPSA) is 61.3 Å². The van der Waals surface area contributed by atoms with E-state index in [1.54, 1.807) is 12.4 Å². The van der Waals surface area contributed by atoms with Gasteiger partial charge in [-0.2, -0.15) is 0 Å². The van der Waals surface area contributed by atoms with Crippen LogP contribution in [0, 0.1) is 13.8 Å². The van der Waals surface area contributed by atoms with Gasteiger partial charge in [0, 0.05) is 36.4 Å². The summed E-state index contributed by atoms with van der Waals surface area (Å²) in [6, 6.07) is 40.9. The van der Waals surface area contributed by atoms with E-state index < -0.39 is 6.16 Å². The van der Waals surface area contributed by atoms with E-state index in [1.165, 1.54) is 22.3 Å². The Hall–Kier alpha value is -5.55. The number of carbonyl (C=O) groups excluding carboxylic acids is 1. The molecule has 0 fully saturated rings. The second-order valence-corrected chi connectivity index (χ2v) is 10.8. The molecule has 6 rings (SSSR count). The van der Waals surface area contributed by atoms with E-state index in [0.717, 1.165) is 33.4 Å². The minimum Gasteiger partial charge on any atom is -0.375 e. The molecule has 0 spiro atoms. The molecule has 0 amide bonds. The van der Waals surface area contributed by atoms with Gasteiger partial charge in [-0.15, -0.1) is 0 Å². The molecule has 4 aromatic carbocycles. The molecule has 0 bridgehead atoms. The zero-order valence-corrected chi connectivity index (χ0v) is 24.7.